The molecule has 0 bridgehead atoms. The van der Waals surface area contributed by atoms with E-state index < -0.39 is 0 Å². The maximum Gasteiger partial charge on any atom is 0.223 e. The molecule has 1 atom stereocenters. The highest BCUT2D eigenvalue weighted by Crippen LogP contribution is 2.27. The lowest BCUT2D eigenvalue weighted by molar-refractivity contribution is -0.133. The predicted molar refractivity (Wildman–Crippen MR) is 101 cm³/mol. The molecule has 1 aliphatic heterocycles. The van der Waals surface area contributed by atoms with E-state index in [0.29, 0.717) is 6.42 Å². The lowest BCUT2D eigenvalue weighted by Gasteiger charge is -2.38. The number of halogens is 3. The van der Waals surface area contributed by atoms with Gasteiger partial charge in [0.05, 0.1) is 0 Å². The third kappa shape index (κ3) is 6.12. The summed E-state index contributed by atoms with van der Waals surface area (Å²) in [5, 5.41) is 3.84. The quantitative estimate of drug-likeness (QED) is 0.850. The summed E-state index contributed by atoms with van der Waals surface area (Å²) in [6.45, 7) is 6.33. The van der Waals surface area contributed by atoms with Crippen LogP contribution in [0, 0.1) is 0 Å². The van der Waals surface area contributed by atoms with Crippen LogP contribution in [0.25, 0.3) is 0 Å². The second-order valence-corrected chi connectivity index (χ2v) is 5.87. The summed E-state index contributed by atoms with van der Waals surface area (Å²) in [6.07, 6.45) is 0.580. The van der Waals surface area contributed by atoms with Crippen LogP contribution in [0.15, 0.2) is 24.3 Å². The molecule has 1 fully saturated rings. The first kappa shape index (κ1) is 22.5. The third-order valence-electron chi connectivity index (χ3n) is 4.16. The van der Waals surface area contributed by atoms with Gasteiger partial charge >= 0.3 is 0 Å². The molecule has 1 amide bonds. The van der Waals surface area contributed by atoms with Gasteiger partial charge in [-0.15, -0.1) is 24.8 Å². The molecule has 1 aliphatic rings. The molecule has 23 heavy (non-hydrogen) atoms. The fraction of sp³-hybridized carbons (Fsp3) is 0.562. The maximum absolute atomic E-state index is 12.0. The normalized spacial score (nSPS) is 16.2. The lowest BCUT2D eigenvalue weighted by Crippen LogP contribution is -2.49. The molecule has 1 aromatic rings. The smallest absolute Gasteiger partial charge is 0.223 e. The molecule has 0 aromatic heterocycles. The predicted octanol–water partition coefficient (Wildman–Crippen LogP) is 3.00. The minimum absolute atomic E-state index is 0. The molecule has 7 heteroatoms. The highest BCUT2D eigenvalue weighted by molar-refractivity contribution is 6.31. The molecule has 1 unspecified atom stereocenters. The number of nitrogens with zero attached hydrogens (tertiary/aromatic N) is 2. The van der Waals surface area contributed by atoms with E-state index in [9.17, 15) is 4.79 Å². The van der Waals surface area contributed by atoms with Gasteiger partial charge in [-0.05, 0) is 25.6 Å². The van der Waals surface area contributed by atoms with Gasteiger partial charge in [0.25, 0.3) is 0 Å². The minimum Gasteiger partial charge on any atom is -0.340 e. The van der Waals surface area contributed by atoms with Gasteiger partial charge in [-0.3, -0.25) is 9.69 Å². The first-order valence-electron chi connectivity index (χ1n) is 7.54. The van der Waals surface area contributed by atoms with Crippen molar-refractivity contribution in [2.24, 2.45) is 0 Å². The van der Waals surface area contributed by atoms with Crippen molar-refractivity contribution in [1.29, 1.82) is 0 Å². The van der Waals surface area contributed by atoms with Crippen molar-refractivity contribution in [3.63, 3.8) is 0 Å². The summed E-state index contributed by atoms with van der Waals surface area (Å²) in [4.78, 5) is 16.4. The highest BCUT2D eigenvalue weighted by atomic mass is 35.5. The van der Waals surface area contributed by atoms with Crippen molar-refractivity contribution < 1.29 is 4.79 Å². The monoisotopic (exact) mass is 381 g/mol. The fourth-order valence-corrected chi connectivity index (χ4v) is 3.05. The average Bonchev–Trinajstić information content (AvgIpc) is 2.52. The van der Waals surface area contributed by atoms with Gasteiger partial charge < -0.3 is 10.2 Å². The van der Waals surface area contributed by atoms with Crippen molar-refractivity contribution >= 4 is 42.3 Å². The zero-order chi connectivity index (χ0) is 15.2. The number of hydrogen-bond acceptors (Lipinski definition) is 3. The van der Waals surface area contributed by atoms with Gasteiger partial charge in [0.2, 0.25) is 5.91 Å². The van der Waals surface area contributed by atoms with Gasteiger partial charge in [-0.2, -0.15) is 0 Å². The highest BCUT2D eigenvalue weighted by Gasteiger charge is 2.25. The Morgan fingerprint density at radius 1 is 1.22 bits per heavy atom. The first-order valence-corrected chi connectivity index (χ1v) is 7.92. The Kier molecular flexibility index (Phi) is 10.9. The fourth-order valence-electron chi connectivity index (χ4n) is 2.76. The summed E-state index contributed by atoms with van der Waals surface area (Å²) in [5.74, 6) is 0.245. The van der Waals surface area contributed by atoms with E-state index in [1.165, 1.54) is 0 Å². The van der Waals surface area contributed by atoms with E-state index in [1.807, 2.05) is 30.1 Å². The average molecular weight is 383 g/mol. The van der Waals surface area contributed by atoms with Gasteiger partial charge in [0.15, 0.2) is 0 Å². The largest absolute Gasteiger partial charge is 0.340 e. The summed E-state index contributed by atoms with van der Waals surface area (Å²) in [6, 6.07) is 8.28. The van der Waals surface area contributed by atoms with Crippen LogP contribution in [0.2, 0.25) is 5.02 Å². The summed E-state index contributed by atoms with van der Waals surface area (Å²) in [5.41, 5.74) is 1.16. The second-order valence-electron chi connectivity index (χ2n) is 5.47. The van der Waals surface area contributed by atoms with Crippen LogP contribution in [0.5, 0.6) is 0 Å². The number of rotatable bonds is 5. The molecule has 0 aliphatic carbocycles. The molecule has 0 saturated carbocycles. The van der Waals surface area contributed by atoms with Crippen molar-refractivity contribution in [2.45, 2.75) is 19.4 Å². The standard InChI is InChI=1S/C16H24ClN3O.2ClH/c1-13(14-5-3-4-6-15(14)17)19-9-11-20(12-10-19)16(21)7-8-18-2;;/h3-6,13,18H,7-12H2,1-2H3;2*1H. The Morgan fingerprint density at radius 2 is 1.83 bits per heavy atom. The number of benzene rings is 1. The molecule has 1 N–H and O–H groups in total. The maximum atomic E-state index is 12.0. The van der Waals surface area contributed by atoms with Gasteiger partial charge in [0.1, 0.15) is 0 Å². The van der Waals surface area contributed by atoms with Crippen molar-refractivity contribution in [1.82, 2.24) is 15.1 Å². The lowest BCUT2D eigenvalue weighted by atomic mass is 10.1. The molecule has 132 valence electrons. The van der Waals surface area contributed by atoms with Crippen LogP contribution in [0.1, 0.15) is 24.9 Å². The number of carbonyl (C=O) groups excluding carboxylic acids is 1. The Morgan fingerprint density at radius 3 is 2.39 bits per heavy atom. The topological polar surface area (TPSA) is 35.6 Å². The molecular formula is C16H26Cl3N3O. The molecule has 1 aromatic carbocycles. The third-order valence-corrected chi connectivity index (χ3v) is 4.50. The van der Waals surface area contributed by atoms with E-state index in [2.05, 4.69) is 23.2 Å². The zero-order valence-electron chi connectivity index (χ0n) is 13.6. The molecular weight excluding hydrogens is 357 g/mol. The van der Waals surface area contributed by atoms with Crippen LogP contribution < -0.4 is 5.32 Å². The van der Waals surface area contributed by atoms with Gasteiger partial charge in [-0.1, -0.05) is 29.8 Å². The van der Waals surface area contributed by atoms with Crippen molar-refractivity contribution in [3.05, 3.63) is 34.9 Å². The molecule has 0 spiro atoms. The molecule has 1 saturated heterocycles. The van der Waals surface area contributed by atoms with Crippen LogP contribution in [0.4, 0.5) is 0 Å². The Hall–Kier alpha value is -0.520. The Bertz CT molecular complexity index is 479. The molecule has 4 nitrogen and oxygen atoms in total. The van der Waals surface area contributed by atoms with Crippen LogP contribution in [-0.2, 0) is 4.79 Å². The van der Waals surface area contributed by atoms with Crippen LogP contribution >= 0.6 is 36.4 Å². The second kappa shape index (κ2) is 11.1. The number of piperazine rings is 1. The van der Waals surface area contributed by atoms with E-state index >= 15 is 0 Å². The Balaban J connectivity index is 0.00000242. The van der Waals surface area contributed by atoms with E-state index in [0.717, 1.165) is 43.3 Å². The first-order chi connectivity index (χ1) is 10.1. The SMILES string of the molecule is CNCCC(=O)N1CCN(C(C)c2ccccc2Cl)CC1.Cl.Cl. The summed E-state index contributed by atoms with van der Waals surface area (Å²) < 4.78 is 0. The molecule has 2 rings (SSSR count). The van der Waals surface area contributed by atoms with Gasteiger partial charge in [0, 0.05) is 50.2 Å². The van der Waals surface area contributed by atoms with E-state index in [-0.39, 0.29) is 36.8 Å². The molecule has 1 heterocycles. The minimum atomic E-state index is 0. The number of amides is 1. The number of hydrogen-bond donors (Lipinski definition) is 1. The number of nitrogens with one attached hydrogen (secondary N) is 1. The van der Waals surface area contributed by atoms with Crippen LogP contribution in [-0.4, -0.2) is 55.5 Å². The van der Waals surface area contributed by atoms with Crippen LogP contribution in [0.3, 0.4) is 0 Å². The van der Waals surface area contributed by atoms with E-state index in [1.54, 1.807) is 0 Å². The Labute approximate surface area is 156 Å². The van der Waals surface area contributed by atoms with E-state index in [4.69, 9.17) is 11.6 Å². The van der Waals surface area contributed by atoms with Crippen molar-refractivity contribution in [2.75, 3.05) is 39.8 Å². The zero-order valence-corrected chi connectivity index (χ0v) is 16.0. The summed E-state index contributed by atoms with van der Waals surface area (Å²) >= 11 is 6.28. The summed E-state index contributed by atoms with van der Waals surface area (Å²) in [7, 11) is 1.87. The number of carbonyl (C=O) groups is 1. The molecule has 0 radical (unpaired) electrons. The van der Waals surface area contributed by atoms with Gasteiger partial charge in [-0.25, -0.2) is 0 Å². The van der Waals surface area contributed by atoms with Crippen molar-refractivity contribution in [3.8, 4) is 0 Å².